The van der Waals surface area contributed by atoms with Crippen LogP contribution in [0.15, 0.2) is 24.5 Å². The molecule has 1 saturated carbocycles. The Bertz CT molecular complexity index is 1000. The molecule has 8 nitrogen and oxygen atoms in total. The van der Waals surface area contributed by atoms with E-state index in [1.165, 1.54) is 18.5 Å². The molecule has 1 aliphatic heterocycles. The quantitative estimate of drug-likeness (QED) is 0.627. The van der Waals surface area contributed by atoms with Gasteiger partial charge in [0.2, 0.25) is 5.91 Å². The molecule has 0 unspecified atom stereocenters. The molecule has 2 aliphatic rings. The van der Waals surface area contributed by atoms with E-state index in [9.17, 15) is 14.4 Å². The maximum Gasteiger partial charge on any atom is 0.243 e. The van der Waals surface area contributed by atoms with Gasteiger partial charge in [0.1, 0.15) is 35.6 Å². The molecule has 1 aliphatic carbocycles. The van der Waals surface area contributed by atoms with Gasteiger partial charge in [0.15, 0.2) is 5.82 Å². The first-order chi connectivity index (χ1) is 14.9. The Kier molecular flexibility index (Phi) is 6.09. The number of carbonyl (C=O) groups is 1. The number of carbonyl (C=O) groups excluding carboxylic acids is 1. The number of anilines is 3. The molecule has 2 fully saturated rings. The SMILES string of the molecule is N#Cc1c(N)ncnc1N1CCC[C@@H](NC(=O)[C@H](Nc2cc(F)cc(Cl)c2)C2CC2)C1. The number of hydrogen-bond donors (Lipinski definition) is 3. The van der Waals surface area contributed by atoms with Gasteiger partial charge < -0.3 is 21.3 Å². The van der Waals surface area contributed by atoms with Gasteiger partial charge >= 0.3 is 0 Å². The number of nitriles is 1. The highest BCUT2D eigenvalue weighted by atomic mass is 35.5. The highest BCUT2D eigenvalue weighted by Gasteiger charge is 2.37. The summed E-state index contributed by atoms with van der Waals surface area (Å²) in [5, 5.41) is 16.0. The summed E-state index contributed by atoms with van der Waals surface area (Å²) >= 11 is 5.95. The third-order valence-electron chi connectivity index (χ3n) is 5.60. The number of amides is 1. The molecule has 1 amide bonds. The van der Waals surface area contributed by atoms with Crippen molar-refractivity contribution in [2.45, 2.75) is 37.8 Å². The molecular weight excluding hydrogens is 421 g/mol. The minimum atomic E-state index is -0.461. The Balaban J connectivity index is 1.44. The highest BCUT2D eigenvalue weighted by molar-refractivity contribution is 6.30. The van der Waals surface area contributed by atoms with Gasteiger partial charge in [0, 0.05) is 29.8 Å². The van der Waals surface area contributed by atoms with Crippen molar-refractivity contribution in [3.8, 4) is 6.07 Å². The second kappa shape index (κ2) is 8.94. The molecule has 2 heterocycles. The molecule has 4 N–H and O–H groups in total. The van der Waals surface area contributed by atoms with Crippen LogP contribution in [-0.4, -0.2) is 41.0 Å². The zero-order valence-electron chi connectivity index (χ0n) is 16.8. The van der Waals surface area contributed by atoms with Crippen LogP contribution >= 0.6 is 11.6 Å². The van der Waals surface area contributed by atoms with Crippen LogP contribution in [0.1, 0.15) is 31.2 Å². The summed E-state index contributed by atoms with van der Waals surface area (Å²) in [6, 6.07) is 5.67. The van der Waals surface area contributed by atoms with Crippen molar-refractivity contribution >= 4 is 34.8 Å². The second-order valence-electron chi connectivity index (χ2n) is 7.98. The minimum absolute atomic E-state index is 0.108. The molecule has 10 heteroatoms. The molecule has 1 saturated heterocycles. The summed E-state index contributed by atoms with van der Waals surface area (Å²) in [6.45, 7) is 1.23. The molecule has 1 aromatic carbocycles. The fourth-order valence-electron chi connectivity index (χ4n) is 3.96. The number of rotatable bonds is 6. The van der Waals surface area contributed by atoms with Crippen molar-refractivity contribution in [3.63, 3.8) is 0 Å². The van der Waals surface area contributed by atoms with Crippen molar-refractivity contribution in [2.75, 3.05) is 29.0 Å². The molecular formula is C21H23ClFN7O. The van der Waals surface area contributed by atoms with E-state index in [4.69, 9.17) is 17.3 Å². The van der Waals surface area contributed by atoms with Gasteiger partial charge in [0.25, 0.3) is 0 Å². The van der Waals surface area contributed by atoms with Gasteiger partial charge in [-0.2, -0.15) is 5.26 Å². The molecule has 0 spiro atoms. The van der Waals surface area contributed by atoms with E-state index in [0.717, 1.165) is 25.7 Å². The molecule has 0 radical (unpaired) electrons. The van der Waals surface area contributed by atoms with Crippen LogP contribution in [0.25, 0.3) is 0 Å². The first-order valence-corrected chi connectivity index (χ1v) is 10.6. The van der Waals surface area contributed by atoms with Crippen molar-refractivity contribution in [1.82, 2.24) is 15.3 Å². The van der Waals surface area contributed by atoms with Crippen LogP contribution in [0.3, 0.4) is 0 Å². The zero-order chi connectivity index (χ0) is 22.0. The number of hydrogen-bond acceptors (Lipinski definition) is 7. The lowest BCUT2D eigenvalue weighted by Crippen LogP contribution is -2.52. The van der Waals surface area contributed by atoms with E-state index in [-0.39, 0.29) is 34.3 Å². The number of piperidine rings is 1. The summed E-state index contributed by atoms with van der Waals surface area (Å²) < 4.78 is 13.7. The Morgan fingerprint density at radius 2 is 2.13 bits per heavy atom. The summed E-state index contributed by atoms with van der Waals surface area (Å²) in [4.78, 5) is 23.1. The predicted molar refractivity (Wildman–Crippen MR) is 116 cm³/mol. The van der Waals surface area contributed by atoms with Gasteiger partial charge in [-0.15, -0.1) is 0 Å². The molecule has 2 aromatic rings. The number of nitrogens with two attached hydrogens (primary N) is 1. The minimum Gasteiger partial charge on any atom is -0.382 e. The van der Waals surface area contributed by atoms with Gasteiger partial charge in [-0.25, -0.2) is 14.4 Å². The molecule has 31 heavy (non-hydrogen) atoms. The van der Waals surface area contributed by atoms with E-state index >= 15 is 0 Å². The van der Waals surface area contributed by atoms with Crippen molar-refractivity contribution in [1.29, 1.82) is 5.26 Å². The lowest BCUT2D eigenvalue weighted by Gasteiger charge is -2.35. The van der Waals surface area contributed by atoms with Gasteiger partial charge in [0.05, 0.1) is 0 Å². The van der Waals surface area contributed by atoms with Gasteiger partial charge in [-0.3, -0.25) is 4.79 Å². The molecule has 0 bridgehead atoms. The van der Waals surface area contributed by atoms with Crippen LogP contribution in [0.4, 0.5) is 21.7 Å². The van der Waals surface area contributed by atoms with E-state index in [2.05, 4.69) is 26.7 Å². The van der Waals surface area contributed by atoms with Crippen LogP contribution < -0.4 is 21.3 Å². The van der Waals surface area contributed by atoms with E-state index in [0.29, 0.717) is 24.6 Å². The summed E-state index contributed by atoms with van der Waals surface area (Å²) in [5.41, 5.74) is 6.54. The Morgan fingerprint density at radius 3 is 2.84 bits per heavy atom. The summed E-state index contributed by atoms with van der Waals surface area (Å²) in [7, 11) is 0. The van der Waals surface area contributed by atoms with E-state index < -0.39 is 11.9 Å². The van der Waals surface area contributed by atoms with Crippen LogP contribution in [0.5, 0.6) is 0 Å². The van der Waals surface area contributed by atoms with Crippen LogP contribution in [-0.2, 0) is 4.79 Å². The molecule has 1 aromatic heterocycles. The maximum absolute atomic E-state index is 13.7. The smallest absolute Gasteiger partial charge is 0.243 e. The third-order valence-corrected chi connectivity index (χ3v) is 5.81. The third kappa shape index (κ3) is 4.97. The first-order valence-electron chi connectivity index (χ1n) is 10.2. The molecule has 4 rings (SSSR count). The summed E-state index contributed by atoms with van der Waals surface area (Å²) in [5.74, 6) is 0.252. The Hall–Kier alpha value is -3.12. The summed E-state index contributed by atoms with van der Waals surface area (Å²) in [6.07, 6.45) is 4.87. The highest BCUT2D eigenvalue weighted by Crippen LogP contribution is 2.35. The maximum atomic E-state index is 13.7. The van der Waals surface area contributed by atoms with Crippen molar-refractivity contribution in [3.05, 3.63) is 40.9 Å². The largest absolute Gasteiger partial charge is 0.382 e. The van der Waals surface area contributed by atoms with Gasteiger partial charge in [-0.05, 0) is 49.8 Å². The fourth-order valence-corrected chi connectivity index (χ4v) is 4.18. The normalized spacial score (nSPS) is 19.4. The van der Waals surface area contributed by atoms with Gasteiger partial charge in [-0.1, -0.05) is 11.6 Å². The fraction of sp³-hybridized carbons (Fsp3) is 0.429. The Morgan fingerprint density at radius 1 is 1.32 bits per heavy atom. The predicted octanol–water partition coefficient (Wildman–Crippen LogP) is 2.70. The second-order valence-corrected chi connectivity index (χ2v) is 8.42. The monoisotopic (exact) mass is 443 g/mol. The lowest BCUT2D eigenvalue weighted by atomic mass is 10.0. The first kappa shape index (κ1) is 21.1. The van der Waals surface area contributed by atoms with Crippen molar-refractivity contribution in [2.24, 2.45) is 5.92 Å². The number of aromatic nitrogens is 2. The lowest BCUT2D eigenvalue weighted by molar-refractivity contribution is -0.123. The standard InChI is InChI=1S/C21H23ClFN7O/c22-13-6-14(23)8-16(7-13)28-18(12-3-4-12)21(31)29-15-2-1-5-30(10-15)20-17(9-24)19(25)26-11-27-20/h6-8,11-12,15,18,28H,1-5,10H2,(H,29,31)(H2,25,26,27)/t15-,18-/m1/s1. The average molecular weight is 444 g/mol. The van der Waals surface area contributed by atoms with Crippen LogP contribution in [0.2, 0.25) is 5.02 Å². The number of halogens is 2. The van der Waals surface area contributed by atoms with E-state index in [1.54, 1.807) is 6.07 Å². The number of benzene rings is 1. The topological polar surface area (TPSA) is 120 Å². The van der Waals surface area contributed by atoms with Crippen LogP contribution in [0, 0.1) is 23.1 Å². The molecule has 2 atom stereocenters. The Labute approximate surface area is 184 Å². The van der Waals surface area contributed by atoms with Crippen molar-refractivity contribution < 1.29 is 9.18 Å². The van der Waals surface area contributed by atoms with E-state index in [1.807, 2.05) is 4.90 Å². The number of nitrogens with one attached hydrogen (secondary N) is 2. The molecule has 162 valence electrons. The number of nitrogen functional groups attached to an aromatic ring is 1. The average Bonchev–Trinajstić information content (AvgIpc) is 3.56. The number of nitrogens with zero attached hydrogens (tertiary/aromatic N) is 4. The zero-order valence-corrected chi connectivity index (χ0v) is 17.6.